The van der Waals surface area contributed by atoms with Gasteiger partial charge in [0.15, 0.2) is 5.01 Å². The van der Waals surface area contributed by atoms with E-state index in [0.717, 1.165) is 34.7 Å². The third-order valence-corrected chi connectivity index (χ3v) is 5.86. The van der Waals surface area contributed by atoms with Gasteiger partial charge in [0.05, 0.1) is 12.3 Å². The second-order valence-corrected chi connectivity index (χ2v) is 8.36. The average molecular weight is 399 g/mol. The zero-order chi connectivity index (χ0) is 20.3. The van der Waals surface area contributed by atoms with Gasteiger partial charge in [-0.15, -0.1) is 11.3 Å². The molecular formula is C21H26N4O2S. The van der Waals surface area contributed by atoms with E-state index >= 15 is 0 Å². The van der Waals surface area contributed by atoms with Gasteiger partial charge in [0.25, 0.3) is 5.91 Å². The lowest BCUT2D eigenvalue weighted by molar-refractivity contribution is 0.0789. The van der Waals surface area contributed by atoms with Gasteiger partial charge >= 0.3 is 0 Å². The molecule has 0 saturated heterocycles. The summed E-state index contributed by atoms with van der Waals surface area (Å²) >= 11 is 1.45. The van der Waals surface area contributed by atoms with Crippen molar-refractivity contribution in [2.45, 2.75) is 26.7 Å². The maximum Gasteiger partial charge on any atom is 0.282 e. The molecule has 0 aliphatic carbocycles. The molecule has 1 aromatic heterocycles. The summed E-state index contributed by atoms with van der Waals surface area (Å²) in [7, 11) is 1.83. The molecule has 0 radical (unpaired) electrons. The highest BCUT2D eigenvalue weighted by Gasteiger charge is 2.24. The van der Waals surface area contributed by atoms with E-state index in [1.54, 1.807) is 4.90 Å². The Morgan fingerprint density at radius 3 is 2.93 bits per heavy atom. The van der Waals surface area contributed by atoms with E-state index < -0.39 is 0 Å². The lowest BCUT2D eigenvalue weighted by Crippen LogP contribution is -2.28. The van der Waals surface area contributed by atoms with Crippen molar-refractivity contribution in [2.24, 2.45) is 11.7 Å². The van der Waals surface area contributed by atoms with E-state index in [-0.39, 0.29) is 5.91 Å². The highest BCUT2D eigenvalue weighted by atomic mass is 32.1. The van der Waals surface area contributed by atoms with Crippen molar-refractivity contribution < 1.29 is 9.53 Å². The predicted octanol–water partition coefficient (Wildman–Crippen LogP) is 3.81. The Morgan fingerprint density at radius 2 is 2.25 bits per heavy atom. The zero-order valence-corrected chi connectivity index (χ0v) is 17.3. The molecule has 0 spiro atoms. The second-order valence-electron chi connectivity index (χ2n) is 7.28. The number of carbonyl (C=O) groups is 1. The highest BCUT2D eigenvalue weighted by Crippen LogP contribution is 2.39. The molecule has 3 rings (SSSR count). The van der Waals surface area contributed by atoms with E-state index in [1.807, 2.05) is 25.2 Å². The fraction of sp³-hybridized carbons (Fsp3) is 0.381. The Hall–Kier alpha value is -2.67. The molecule has 2 heterocycles. The predicted molar refractivity (Wildman–Crippen MR) is 114 cm³/mol. The van der Waals surface area contributed by atoms with Crippen LogP contribution in [0, 0.1) is 11.3 Å². The van der Waals surface area contributed by atoms with Gasteiger partial charge in [-0.05, 0) is 30.0 Å². The number of amides is 1. The molecule has 148 valence electrons. The SMILES string of the molecule is CC(C)CCN(C)C(=O)c1nc2c(s1)CCOc1cc(/C(C=N)=C/N)ccc1-2. The summed E-state index contributed by atoms with van der Waals surface area (Å²) in [6.45, 7) is 5.55. The first kappa shape index (κ1) is 20.1. The number of hydrogen-bond acceptors (Lipinski definition) is 6. The lowest BCUT2D eigenvalue weighted by Gasteiger charge is -2.16. The standard InChI is InChI=1S/C21H26N4O2S/c1-13(2)6-8-25(3)21(26)20-24-19-16-5-4-14(15(11-22)12-23)10-17(16)27-9-7-18(19)28-20/h4-5,10-13,22H,6-9,23H2,1-3H3/b15-12+,22-11?. The molecule has 0 fully saturated rings. The molecule has 7 heteroatoms. The fourth-order valence-corrected chi connectivity index (χ4v) is 4.09. The Kier molecular flexibility index (Phi) is 6.14. The van der Waals surface area contributed by atoms with Crippen LogP contribution in [0.1, 0.15) is 40.5 Å². The van der Waals surface area contributed by atoms with Crippen molar-refractivity contribution in [1.29, 1.82) is 5.41 Å². The second kappa shape index (κ2) is 8.56. The minimum absolute atomic E-state index is 0.0324. The molecule has 1 aliphatic rings. The van der Waals surface area contributed by atoms with Crippen LogP contribution in [-0.4, -0.2) is 42.2 Å². The minimum Gasteiger partial charge on any atom is -0.492 e. The molecule has 28 heavy (non-hydrogen) atoms. The zero-order valence-electron chi connectivity index (χ0n) is 16.5. The number of fused-ring (bicyclic) bond motifs is 3. The van der Waals surface area contributed by atoms with Gasteiger partial charge in [0.1, 0.15) is 5.75 Å². The first-order valence-electron chi connectivity index (χ1n) is 9.39. The van der Waals surface area contributed by atoms with Gasteiger partial charge in [-0.2, -0.15) is 0 Å². The topological polar surface area (TPSA) is 92.3 Å². The molecule has 0 atom stereocenters. The van der Waals surface area contributed by atoms with Gasteiger partial charge in [-0.3, -0.25) is 4.79 Å². The summed E-state index contributed by atoms with van der Waals surface area (Å²) < 4.78 is 5.91. The Bertz CT molecular complexity index is 917. The number of rotatable bonds is 6. The number of hydrogen-bond donors (Lipinski definition) is 2. The number of carbonyl (C=O) groups excluding carboxylic acids is 1. The number of aromatic nitrogens is 1. The smallest absolute Gasteiger partial charge is 0.282 e. The number of nitrogens with two attached hydrogens (primary N) is 1. The number of ether oxygens (including phenoxy) is 1. The van der Waals surface area contributed by atoms with Crippen LogP contribution in [0.3, 0.4) is 0 Å². The van der Waals surface area contributed by atoms with Gasteiger partial charge in [-0.1, -0.05) is 19.9 Å². The molecular weight excluding hydrogens is 372 g/mol. The monoisotopic (exact) mass is 398 g/mol. The van der Waals surface area contributed by atoms with Crippen LogP contribution in [0.15, 0.2) is 24.4 Å². The van der Waals surface area contributed by atoms with Gasteiger partial charge < -0.3 is 20.8 Å². The van der Waals surface area contributed by atoms with E-state index in [9.17, 15) is 4.79 Å². The van der Waals surface area contributed by atoms with E-state index in [1.165, 1.54) is 23.8 Å². The van der Waals surface area contributed by atoms with Crippen molar-refractivity contribution in [1.82, 2.24) is 9.88 Å². The van der Waals surface area contributed by atoms with Gasteiger partial charge in [0, 0.05) is 48.4 Å². The normalized spacial score (nSPS) is 13.4. The van der Waals surface area contributed by atoms with Crippen LogP contribution in [0.25, 0.3) is 16.8 Å². The number of thiazole rings is 1. The van der Waals surface area contributed by atoms with Crippen molar-refractivity contribution in [2.75, 3.05) is 20.2 Å². The van der Waals surface area contributed by atoms with Crippen molar-refractivity contribution in [3.8, 4) is 17.0 Å². The summed E-state index contributed by atoms with van der Waals surface area (Å²) in [6.07, 6.45) is 4.31. The van der Waals surface area contributed by atoms with E-state index in [2.05, 4.69) is 18.8 Å². The molecule has 2 aromatic rings. The Morgan fingerprint density at radius 1 is 1.46 bits per heavy atom. The maximum absolute atomic E-state index is 12.8. The third kappa shape index (κ3) is 4.09. The number of benzene rings is 1. The molecule has 0 bridgehead atoms. The Labute approximate surface area is 169 Å². The average Bonchev–Trinajstić information content (AvgIpc) is 3.03. The highest BCUT2D eigenvalue weighted by molar-refractivity contribution is 7.14. The molecule has 1 aliphatic heterocycles. The van der Waals surface area contributed by atoms with Crippen LogP contribution in [0.2, 0.25) is 0 Å². The molecule has 1 aromatic carbocycles. The molecule has 6 nitrogen and oxygen atoms in total. The summed E-state index contributed by atoms with van der Waals surface area (Å²) in [5.74, 6) is 1.22. The minimum atomic E-state index is -0.0324. The van der Waals surface area contributed by atoms with E-state index in [4.69, 9.17) is 15.9 Å². The van der Waals surface area contributed by atoms with Gasteiger partial charge in [-0.25, -0.2) is 4.98 Å². The number of nitrogens with one attached hydrogen (secondary N) is 1. The van der Waals surface area contributed by atoms with Crippen LogP contribution in [0.5, 0.6) is 5.75 Å². The lowest BCUT2D eigenvalue weighted by atomic mass is 10.0. The summed E-state index contributed by atoms with van der Waals surface area (Å²) in [5.41, 5.74) is 8.73. The molecule has 0 unspecified atom stereocenters. The van der Waals surface area contributed by atoms with Crippen molar-refractivity contribution >= 4 is 29.0 Å². The number of nitrogens with zero attached hydrogens (tertiary/aromatic N) is 2. The van der Waals surface area contributed by atoms with Gasteiger partial charge in [0.2, 0.25) is 0 Å². The first-order valence-corrected chi connectivity index (χ1v) is 10.2. The van der Waals surface area contributed by atoms with Crippen LogP contribution < -0.4 is 10.5 Å². The quantitative estimate of drug-likeness (QED) is 0.724. The van der Waals surface area contributed by atoms with Crippen molar-refractivity contribution in [3.63, 3.8) is 0 Å². The molecule has 0 saturated carbocycles. The summed E-state index contributed by atoms with van der Waals surface area (Å²) in [5, 5.41) is 8.01. The van der Waals surface area contributed by atoms with Crippen molar-refractivity contribution in [3.05, 3.63) is 39.8 Å². The number of allylic oxidation sites excluding steroid dienone is 1. The largest absolute Gasteiger partial charge is 0.492 e. The van der Waals surface area contributed by atoms with Crippen LogP contribution >= 0.6 is 11.3 Å². The summed E-state index contributed by atoms with van der Waals surface area (Å²) in [6, 6.07) is 5.71. The van der Waals surface area contributed by atoms with Crippen LogP contribution in [-0.2, 0) is 6.42 Å². The van der Waals surface area contributed by atoms with E-state index in [0.29, 0.717) is 35.3 Å². The summed E-state index contributed by atoms with van der Waals surface area (Å²) in [4.78, 5) is 20.3. The maximum atomic E-state index is 12.8. The third-order valence-electron chi connectivity index (χ3n) is 4.76. The van der Waals surface area contributed by atoms with Crippen LogP contribution in [0.4, 0.5) is 0 Å². The first-order chi connectivity index (χ1) is 13.4. The molecule has 1 amide bonds. The molecule has 3 N–H and O–H groups in total. The Balaban J connectivity index is 1.92. The fourth-order valence-electron chi connectivity index (χ4n) is 3.04.